The Morgan fingerprint density at radius 3 is 2.76 bits per heavy atom. The first-order valence-electron chi connectivity index (χ1n) is 7.60. The highest BCUT2D eigenvalue weighted by Gasteiger charge is 2.20. The molecule has 0 bridgehead atoms. The lowest BCUT2D eigenvalue weighted by molar-refractivity contribution is 0.223. The molecular weight excluding hydrogens is 268 g/mol. The number of anilines is 2. The van der Waals surface area contributed by atoms with Crippen molar-refractivity contribution >= 4 is 11.9 Å². The lowest BCUT2D eigenvalue weighted by Crippen LogP contribution is -2.26. The highest BCUT2D eigenvalue weighted by Crippen LogP contribution is 2.18. The summed E-state index contributed by atoms with van der Waals surface area (Å²) in [7, 11) is 5.98. The lowest BCUT2D eigenvalue weighted by Gasteiger charge is -2.19. The second kappa shape index (κ2) is 7.40. The molecule has 1 fully saturated rings. The fourth-order valence-corrected chi connectivity index (χ4v) is 2.48. The molecule has 0 radical (unpaired) electrons. The Morgan fingerprint density at radius 2 is 2.14 bits per heavy atom. The van der Waals surface area contributed by atoms with Crippen molar-refractivity contribution in [3.8, 4) is 6.01 Å². The number of hydrogen-bond acceptors (Lipinski definition) is 7. The van der Waals surface area contributed by atoms with Gasteiger partial charge in [-0.05, 0) is 39.8 Å². The number of rotatable bonds is 7. The molecule has 1 aromatic rings. The Labute approximate surface area is 126 Å². The van der Waals surface area contributed by atoms with Gasteiger partial charge in [-0.25, -0.2) is 0 Å². The topological polar surface area (TPSA) is 66.4 Å². The highest BCUT2D eigenvalue weighted by molar-refractivity contribution is 5.36. The van der Waals surface area contributed by atoms with E-state index in [1.54, 1.807) is 0 Å². The fraction of sp³-hybridized carbons (Fsp3) is 0.786. The second-order valence-electron chi connectivity index (χ2n) is 5.58. The average Bonchev–Trinajstić information content (AvgIpc) is 2.84. The van der Waals surface area contributed by atoms with Crippen LogP contribution in [0.3, 0.4) is 0 Å². The zero-order valence-electron chi connectivity index (χ0n) is 13.5. The van der Waals surface area contributed by atoms with Crippen molar-refractivity contribution < 1.29 is 4.74 Å². The third-order valence-electron chi connectivity index (χ3n) is 3.69. The van der Waals surface area contributed by atoms with Gasteiger partial charge in [-0.2, -0.15) is 15.0 Å². The molecule has 21 heavy (non-hydrogen) atoms. The number of aromatic nitrogens is 3. The van der Waals surface area contributed by atoms with Crippen molar-refractivity contribution in [1.29, 1.82) is 0 Å². The molecule has 0 spiro atoms. The van der Waals surface area contributed by atoms with Gasteiger partial charge in [0.25, 0.3) is 0 Å². The van der Waals surface area contributed by atoms with Gasteiger partial charge < -0.3 is 19.9 Å². The van der Waals surface area contributed by atoms with Crippen molar-refractivity contribution in [1.82, 2.24) is 19.9 Å². The molecule has 1 N–H and O–H groups in total. The third kappa shape index (κ3) is 4.42. The second-order valence-corrected chi connectivity index (χ2v) is 5.58. The van der Waals surface area contributed by atoms with Crippen LogP contribution >= 0.6 is 0 Å². The molecular formula is C14H26N6O. The van der Waals surface area contributed by atoms with Crippen LogP contribution in [0.1, 0.15) is 26.2 Å². The molecule has 2 rings (SSSR count). The predicted octanol–water partition coefficient (Wildman–Crippen LogP) is 1.23. The lowest BCUT2D eigenvalue weighted by atomic mass is 10.2. The number of nitrogens with zero attached hydrogens (tertiary/aromatic N) is 5. The Bertz CT molecular complexity index is 453. The quantitative estimate of drug-likeness (QED) is 0.811. The SMILES string of the molecule is CCNc1nc(OCCC2CCCN2C)nc(N(C)C)n1. The Kier molecular flexibility index (Phi) is 5.55. The zero-order chi connectivity index (χ0) is 15.2. The third-order valence-corrected chi connectivity index (χ3v) is 3.69. The first-order valence-corrected chi connectivity index (χ1v) is 7.60. The summed E-state index contributed by atoms with van der Waals surface area (Å²) in [6.07, 6.45) is 3.54. The van der Waals surface area contributed by atoms with Gasteiger partial charge in [0.2, 0.25) is 11.9 Å². The number of nitrogens with one attached hydrogen (secondary N) is 1. The summed E-state index contributed by atoms with van der Waals surface area (Å²) in [6, 6.07) is 1.01. The summed E-state index contributed by atoms with van der Waals surface area (Å²) in [5.41, 5.74) is 0. The van der Waals surface area contributed by atoms with Crippen LogP contribution in [0.4, 0.5) is 11.9 Å². The monoisotopic (exact) mass is 294 g/mol. The first-order chi connectivity index (χ1) is 10.1. The summed E-state index contributed by atoms with van der Waals surface area (Å²) >= 11 is 0. The van der Waals surface area contributed by atoms with Gasteiger partial charge in [-0.3, -0.25) is 0 Å². The molecule has 1 aliphatic rings. The molecule has 2 heterocycles. The normalized spacial score (nSPS) is 18.8. The van der Waals surface area contributed by atoms with Crippen LogP contribution in [-0.2, 0) is 0 Å². The van der Waals surface area contributed by atoms with Crippen LogP contribution in [0.2, 0.25) is 0 Å². The largest absolute Gasteiger partial charge is 0.463 e. The minimum Gasteiger partial charge on any atom is -0.463 e. The van der Waals surface area contributed by atoms with Crippen LogP contribution in [0.25, 0.3) is 0 Å². The molecule has 0 aromatic carbocycles. The number of ether oxygens (including phenoxy) is 1. The minimum atomic E-state index is 0.394. The van der Waals surface area contributed by atoms with E-state index in [-0.39, 0.29) is 0 Å². The predicted molar refractivity (Wildman–Crippen MR) is 84.1 cm³/mol. The molecule has 118 valence electrons. The first kappa shape index (κ1) is 15.8. The molecule has 0 saturated carbocycles. The maximum atomic E-state index is 5.74. The van der Waals surface area contributed by atoms with Gasteiger partial charge >= 0.3 is 6.01 Å². The van der Waals surface area contributed by atoms with E-state index < -0.39 is 0 Å². The van der Waals surface area contributed by atoms with E-state index in [2.05, 4.69) is 32.2 Å². The molecule has 0 aliphatic carbocycles. The molecule has 7 nitrogen and oxygen atoms in total. The van der Waals surface area contributed by atoms with E-state index >= 15 is 0 Å². The maximum Gasteiger partial charge on any atom is 0.323 e. The van der Waals surface area contributed by atoms with E-state index in [1.165, 1.54) is 19.4 Å². The molecule has 1 unspecified atom stereocenters. The Morgan fingerprint density at radius 1 is 1.33 bits per heavy atom. The van der Waals surface area contributed by atoms with Crippen molar-refractivity contribution in [3.05, 3.63) is 0 Å². The van der Waals surface area contributed by atoms with E-state index in [4.69, 9.17) is 4.74 Å². The van der Waals surface area contributed by atoms with Crippen molar-refractivity contribution in [2.45, 2.75) is 32.2 Å². The zero-order valence-corrected chi connectivity index (χ0v) is 13.5. The smallest absolute Gasteiger partial charge is 0.323 e. The van der Waals surface area contributed by atoms with Gasteiger partial charge in [0, 0.05) is 26.7 Å². The van der Waals surface area contributed by atoms with E-state index in [9.17, 15) is 0 Å². The molecule has 1 aromatic heterocycles. The van der Waals surface area contributed by atoms with Gasteiger partial charge in [-0.15, -0.1) is 0 Å². The van der Waals surface area contributed by atoms with Crippen molar-refractivity contribution in [2.75, 3.05) is 51.1 Å². The van der Waals surface area contributed by atoms with Crippen molar-refractivity contribution in [3.63, 3.8) is 0 Å². The minimum absolute atomic E-state index is 0.394. The molecule has 0 amide bonds. The molecule has 1 atom stereocenters. The van der Waals surface area contributed by atoms with E-state index in [0.29, 0.717) is 30.6 Å². The number of hydrogen-bond donors (Lipinski definition) is 1. The highest BCUT2D eigenvalue weighted by atomic mass is 16.5. The summed E-state index contributed by atoms with van der Waals surface area (Å²) in [4.78, 5) is 17.2. The van der Waals surface area contributed by atoms with Crippen LogP contribution in [0.15, 0.2) is 0 Å². The van der Waals surface area contributed by atoms with Crippen LogP contribution in [0.5, 0.6) is 6.01 Å². The van der Waals surface area contributed by atoms with Crippen LogP contribution < -0.4 is 15.0 Å². The Balaban J connectivity index is 1.94. The standard InChI is InChI=1S/C14H26N6O/c1-5-15-12-16-13(19(2)3)18-14(17-12)21-10-8-11-7-6-9-20(11)4/h11H,5-10H2,1-4H3,(H,15,16,17,18). The molecule has 1 aliphatic heterocycles. The van der Waals surface area contributed by atoms with Gasteiger partial charge in [0.15, 0.2) is 0 Å². The van der Waals surface area contributed by atoms with Gasteiger partial charge in [-0.1, -0.05) is 0 Å². The summed E-state index contributed by atoms with van der Waals surface area (Å²) in [5.74, 6) is 1.16. The summed E-state index contributed by atoms with van der Waals surface area (Å²) in [6.45, 7) is 4.60. The maximum absolute atomic E-state index is 5.74. The van der Waals surface area contributed by atoms with Gasteiger partial charge in [0.1, 0.15) is 0 Å². The fourth-order valence-electron chi connectivity index (χ4n) is 2.48. The Hall–Kier alpha value is -1.63. The van der Waals surface area contributed by atoms with Crippen molar-refractivity contribution in [2.24, 2.45) is 0 Å². The van der Waals surface area contributed by atoms with Crippen LogP contribution in [0, 0.1) is 0 Å². The summed E-state index contributed by atoms with van der Waals surface area (Å²) in [5, 5.41) is 3.10. The number of likely N-dealkylation sites (tertiary alicyclic amines) is 1. The van der Waals surface area contributed by atoms with Crippen LogP contribution in [-0.4, -0.2) is 66.7 Å². The van der Waals surface area contributed by atoms with Gasteiger partial charge in [0.05, 0.1) is 6.61 Å². The molecule has 1 saturated heterocycles. The van der Waals surface area contributed by atoms with E-state index in [1.807, 2.05) is 25.9 Å². The van der Waals surface area contributed by atoms with E-state index in [0.717, 1.165) is 13.0 Å². The summed E-state index contributed by atoms with van der Waals surface area (Å²) < 4.78 is 5.74. The average molecular weight is 294 g/mol. The molecule has 7 heteroatoms.